The fourth-order valence-electron chi connectivity index (χ4n) is 1.42. The number of ketones is 1. The third-order valence-corrected chi connectivity index (χ3v) is 6.66. The van der Waals surface area contributed by atoms with Gasteiger partial charge in [0.05, 0.1) is 13.3 Å². The molecule has 0 radical (unpaired) electrons. The zero-order chi connectivity index (χ0) is 13.9. The van der Waals surface area contributed by atoms with Gasteiger partial charge in [-0.1, -0.05) is 20.3 Å². The summed E-state index contributed by atoms with van der Waals surface area (Å²) in [6.07, 6.45) is 0.793. The van der Waals surface area contributed by atoms with Gasteiger partial charge < -0.3 is 0 Å². The number of hydrogen-bond donors (Lipinski definition) is 0. The predicted octanol–water partition coefficient (Wildman–Crippen LogP) is 3.92. The van der Waals surface area contributed by atoms with Crippen LogP contribution in [0.3, 0.4) is 0 Å². The molecule has 0 saturated carbocycles. The minimum absolute atomic E-state index is 0.0676. The number of halogens is 2. The zero-order valence-corrected chi connectivity index (χ0v) is 14.9. The smallest absolute Gasteiger partial charge is 0.179 e. The van der Waals surface area contributed by atoms with Crippen LogP contribution in [0.4, 0.5) is 0 Å². The van der Waals surface area contributed by atoms with E-state index in [-0.39, 0.29) is 17.5 Å². The third-order valence-electron chi connectivity index (χ3n) is 2.54. The molecule has 0 aromatic carbocycles. The Bertz CT molecular complexity index is 534. The fraction of sp³-hybridized carbons (Fsp3) is 0.545. The van der Waals surface area contributed by atoms with Crippen LogP contribution in [0.25, 0.3) is 0 Å². The molecule has 0 amide bonds. The van der Waals surface area contributed by atoms with E-state index >= 15 is 0 Å². The normalized spacial score (nSPS) is 13.6. The summed E-state index contributed by atoms with van der Waals surface area (Å²) < 4.78 is 25.2. The summed E-state index contributed by atoms with van der Waals surface area (Å²) in [5.74, 6) is -0.621. The van der Waals surface area contributed by atoms with Gasteiger partial charge in [0.25, 0.3) is 0 Å². The highest BCUT2D eigenvalue weighted by Crippen LogP contribution is 2.32. The summed E-state index contributed by atoms with van der Waals surface area (Å²) in [6, 6.07) is 1.65. The number of rotatable bonds is 6. The molecule has 0 saturated heterocycles. The van der Waals surface area contributed by atoms with Crippen LogP contribution in [0, 0.1) is 5.92 Å². The molecule has 1 aromatic heterocycles. The van der Waals surface area contributed by atoms with Gasteiger partial charge >= 0.3 is 0 Å². The van der Waals surface area contributed by atoms with Crippen molar-refractivity contribution >= 4 is 58.8 Å². The first-order chi connectivity index (χ1) is 8.25. The number of sulfone groups is 1. The lowest BCUT2D eigenvalue weighted by Crippen LogP contribution is -2.22. The number of carbonyl (C=O) groups is 1. The molecule has 0 bridgehead atoms. The Balaban J connectivity index is 2.79. The number of Topliss-reactive ketones (excluding diaryl/α,β-unsaturated/α-hetero) is 1. The van der Waals surface area contributed by atoms with Crippen LogP contribution in [0.1, 0.15) is 30.6 Å². The van der Waals surface area contributed by atoms with E-state index in [0.717, 1.165) is 10.2 Å². The summed E-state index contributed by atoms with van der Waals surface area (Å²) in [6.45, 7) is 3.81. The first-order valence-corrected chi connectivity index (χ1v) is 9.66. The van der Waals surface area contributed by atoms with Crippen LogP contribution in [-0.4, -0.2) is 25.7 Å². The lowest BCUT2D eigenvalue weighted by atomic mass is 10.2. The van der Waals surface area contributed by atoms with E-state index in [2.05, 4.69) is 31.9 Å². The topological polar surface area (TPSA) is 51.2 Å². The van der Waals surface area contributed by atoms with Crippen molar-refractivity contribution in [3.8, 4) is 0 Å². The highest BCUT2D eigenvalue weighted by molar-refractivity contribution is 9.12. The van der Waals surface area contributed by atoms with Crippen molar-refractivity contribution in [1.82, 2.24) is 0 Å². The van der Waals surface area contributed by atoms with Gasteiger partial charge in [-0.3, -0.25) is 4.79 Å². The van der Waals surface area contributed by atoms with Crippen molar-refractivity contribution in [2.24, 2.45) is 5.92 Å². The Morgan fingerprint density at radius 1 is 1.44 bits per heavy atom. The fourth-order valence-corrected chi connectivity index (χ4v) is 6.05. The molecule has 0 aliphatic carbocycles. The third kappa shape index (κ3) is 4.75. The molecule has 0 fully saturated rings. The average molecular weight is 418 g/mol. The second-order valence-corrected chi connectivity index (χ2v) is 10.1. The Kier molecular flexibility index (Phi) is 6.02. The molecule has 7 heteroatoms. The molecule has 0 spiro atoms. The van der Waals surface area contributed by atoms with Gasteiger partial charge in [-0.25, -0.2) is 8.42 Å². The van der Waals surface area contributed by atoms with Gasteiger partial charge in [-0.2, -0.15) is 0 Å². The van der Waals surface area contributed by atoms with Gasteiger partial charge in [-0.05, 0) is 43.8 Å². The predicted molar refractivity (Wildman–Crippen MR) is 82.2 cm³/mol. The second-order valence-electron chi connectivity index (χ2n) is 4.23. The number of thiophene rings is 1. The van der Waals surface area contributed by atoms with Gasteiger partial charge in [0.1, 0.15) is 5.75 Å². The highest BCUT2D eigenvalue weighted by atomic mass is 79.9. The summed E-state index contributed by atoms with van der Waals surface area (Å²) in [4.78, 5) is 11.9. The molecule has 102 valence electrons. The Hall–Kier alpha value is 0.280. The standard InChI is InChI=1S/C11H14Br2O3S2/c1-3-7(2)5-18(15,16)6-9(14)8-4-10(12)17-11(8)13/h4,7H,3,5-6H2,1-2H3. The van der Waals surface area contributed by atoms with E-state index in [1.54, 1.807) is 6.07 Å². The maximum Gasteiger partial charge on any atom is 0.179 e. The zero-order valence-electron chi connectivity index (χ0n) is 10.1. The SMILES string of the molecule is CCC(C)CS(=O)(=O)CC(=O)c1cc(Br)sc1Br. The van der Waals surface area contributed by atoms with Crippen molar-refractivity contribution in [2.75, 3.05) is 11.5 Å². The first-order valence-electron chi connectivity index (χ1n) is 5.43. The van der Waals surface area contributed by atoms with Crippen molar-refractivity contribution in [2.45, 2.75) is 20.3 Å². The van der Waals surface area contributed by atoms with E-state index in [1.165, 1.54) is 11.3 Å². The molecule has 18 heavy (non-hydrogen) atoms. The first kappa shape index (κ1) is 16.3. The lowest BCUT2D eigenvalue weighted by molar-refractivity contribution is 0.102. The molecule has 1 unspecified atom stereocenters. The van der Waals surface area contributed by atoms with Gasteiger partial charge in [0.2, 0.25) is 0 Å². The summed E-state index contributed by atoms with van der Waals surface area (Å²) in [7, 11) is -3.33. The maximum absolute atomic E-state index is 11.9. The summed E-state index contributed by atoms with van der Waals surface area (Å²) in [5, 5.41) is 0. The van der Waals surface area contributed by atoms with Crippen molar-refractivity contribution in [3.63, 3.8) is 0 Å². The Labute approximate surface area is 128 Å². The maximum atomic E-state index is 11.9. The van der Waals surface area contributed by atoms with Crippen molar-refractivity contribution in [1.29, 1.82) is 0 Å². The minimum atomic E-state index is -3.33. The Morgan fingerprint density at radius 2 is 2.06 bits per heavy atom. The van der Waals surface area contributed by atoms with Gasteiger partial charge in [0.15, 0.2) is 15.6 Å². The van der Waals surface area contributed by atoms with E-state index in [4.69, 9.17) is 0 Å². The van der Waals surface area contributed by atoms with Crippen LogP contribution >= 0.6 is 43.2 Å². The van der Waals surface area contributed by atoms with Gasteiger partial charge in [-0.15, -0.1) is 11.3 Å². The quantitative estimate of drug-likeness (QED) is 0.659. The molecule has 0 aliphatic heterocycles. The van der Waals surface area contributed by atoms with Crippen LogP contribution in [0.2, 0.25) is 0 Å². The minimum Gasteiger partial charge on any atom is -0.293 e. The van der Waals surface area contributed by atoms with E-state index in [9.17, 15) is 13.2 Å². The average Bonchev–Trinajstić information content (AvgIpc) is 2.56. The molecule has 1 rings (SSSR count). The van der Waals surface area contributed by atoms with Crippen molar-refractivity contribution < 1.29 is 13.2 Å². The molecule has 3 nitrogen and oxygen atoms in total. The second kappa shape index (κ2) is 6.63. The van der Waals surface area contributed by atoms with Crippen LogP contribution in [0.15, 0.2) is 13.6 Å². The van der Waals surface area contributed by atoms with Gasteiger partial charge in [0, 0.05) is 5.56 Å². The van der Waals surface area contributed by atoms with E-state index in [0.29, 0.717) is 9.35 Å². The molecule has 0 N–H and O–H groups in total. The van der Waals surface area contributed by atoms with Crippen LogP contribution in [-0.2, 0) is 9.84 Å². The molecule has 1 aromatic rings. The highest BCUT2D eigenvalue weighted by Gasteiger charge is 2.22. The number of carbonyl (C=O) groups excluding carboxylic acids is 1. The Morgan fingerprint density at radius 3 is 2.50 bits per heavy atom. The molecular formula is C11H14Br2O3S2. The van der Waals surface area contributed by atoms with Crippen molar-refractivity contribution in [3.05, 3.63) is 19.2 Å². The largest absolute Gasteiger partial charge is 0.293 e. The monoisotopic (exact) mass is 416 g/mol. The molecule has 0 aliphatic rings. The van der Waals surface area contributed by atoms with E-state index in [1.807, 2.05) is 13.8 Å². The molecule has 1 atom stereocenters. The summed E-state index contributed by atoms with van der Waals surface area (Å²) in [5.41, 5.74) is 0.430. The molecule has 1 heterocycles. The molecular weight excluding hydrogens is 404 g/mol. The van der Waals surface area contributed by atoms with Crippen LogP contribution in [0.5, 0.6) is 0 Å². The summed E-state index contributed by atoms with van der Waals surface area (Å²) >= 11 is 7.89. The lowest BCUT2D eigenvalue weighted by Gasteiger charge is -2.08. The van der Waals surface area contributed by atoms with Crippen LogP contribution < -0.4 is 0 Å². The number of hydrogen-bond acceptors (Lipinski definition) is 4. The van der Waals surface area contributed by atoms with E-state index < -0.39 is 15.6 Å².